The molecule has 0 saturated carbocycles. The number of carboxylic acids is 1. The molecule has 1 N–H and O–H groups in total. The van der Waals surface area contributed by atoms with Gasteiger partial charge in [0.25, 0.3) is 5.91 Å². The van der Waals surface area contributed by atoms with Crippen LogP contribution in [0.4, 0.5) is 4.39 Å². The van der Waals surface area contributed by atoms with Crippen LogP contribution in [0.5, 0.6) is 5.75 Å². The lowest BCUT2D eigenvalue weighted by Gasteiger charge is -2.44. The van der Waals surface area contributed by atoms with Crippen molar-refractivity contribution in [2.45, 2.75) is 39.4 Å². The van der Waals surface area contributed by atoms with E-state index in [4.69, 9.17) is 4.74 Å². The van der Waals surface area contributed by atoms with Crippen molar-refractivity contribution in [1.82, 2.24) is 9.80 Å². The number of aromatic carboxylic acids is 1. The molecular formula is C24H27FN2O5. The summed E-state index contributed by atoms with van der Waals surface area (Å²) in [5.41, 5.74) is 1.11. The van der Waals surface area contributed by atoms with Gasteiger partial charge in [-0.3, -0.25) is 14.5 Å². The van der Waals surface area contributed by atoms with Gasteiger partial charge >= 0.3 is 5.97 Å². The van der Waals surface area contributed by atoms with Crippen LogP contribution in [0.1, 0.15) is 47.1 Å². The Morgan fingerprint density at radius 1 is 1.06 bits per heavy atom. The van der Waals surface area contributed by atoms with Crippen LogP contribution in [0.3, 0.4) is 0 Å². The van der Waals surface area contributed by atoms with Crippen LogP contribution in [0.15, 0.2) is 42.5 Å². The maximum Gasteiger partial charge on any atom is 0.339 e. The van der Waals surface area contributed by atoms with Crippen molar-refractivity contribution < 1.29 is 28.6 Å². The highest BCUT2D eigenvalue weighted by molar-refractivity contribution is 5.98. The van der Waals surface area contributed by atoms with Crippen molar-refractivity contribution in [2.75, 3.05) is 19.7 Å². The first kappa shape index (κ1) is 23.4. The van der Waals surface area contributed by atoms with Crippen LogP contribution in [-0.2, 0) is 11.3 Å². The molecule has 1 heterocycles. The van der Waals surface area contributed by atoms with Gasteiger partial charge in [-0.25, -0.2) is 9.18 Å². The second-order valence-corrected chi connectivity index (χ2v) is 8.16. The third-order valence-electron chi connectivity index (χ3n) is 5.70. The van der Waals surface area contributed by atoms with Gasteiger partial charge in [-0.05, 0) is 56.7 Å². The molecule has 1 saturated heterocycles. The number of carbonyl (C=O) groups excluding carboxylic acids is 2. The number of carboxylic acid groups (broad SMARTS) is 1. The Morgan fingerprint density at radius 2 is 1.75 bits per heavy atom. The number of hydrogen-bond donors (Lipinski definition) is 1. The zero-order valence-corrected chi connectivity index (χ0v) is 18.4. The number of rotatable bonds is 7. The molecule has 170 valence electrons. The molecule has 8 heteroatoms. The fourth-order valence-electron chi connectivity index (χ4n) is 3.85. The molecule has 1 aliphatic rings. The van der Waals surface area contributed by atoms with Crippen molar-refractivity contribution in [2.24, 2.45) is 0 Å². The standard InChI is InChI=1S/C24H27FN2O5/c1-15-12-27(16(2)11-26(15)13-18-4-7-20(25)8-5-18)23(29)14-32-22-9-6-19(17(3)28)10-21(22)24(30)31/h4-10,15-16H,11-14H2,1-3H3,(H,30,31)/t15-,16+/m1/s1. The molecule has 1 amide bonds. The smallest absolute Gasteiger partial charge is 0.339 e. The van der Waals surface area contributed by atoms with Gasteiger partial charge in [0.2, 0.25) is 0 Å². The van der Waals surface area contributed by atoms with E-state index in [0.29, 0.717) is 19.6 Å². The SMILES string of the molecule is CC(=O)c1ccc(OCC(=O)N2C[C@@H](C)N(Cc3ccc(F)cc3)C[C@@H]2C)c(C(=O)O)c1. The van der Waals surface area contributed by atoms with E-state index in [0.717, 1.165) is 5.56 Å². The Bertz CT molecular complexity index is 1010. The lowest BCUT2D eigenvalue weighted by atomic mass is 10.1. The van der Waals surface area contributed by atoms with E-state index in [2.05, 4.69) is 4.90 Å². The van der Waals surface area contributed by atoms with Gasteiger partial charge in [-0.1, -0.05) is 12.1 Å². The average molecular weight is 442 g/mol. The quantitative estimate of drug-likeness (QED) is 0.663. The summed E-state index contributed by atoms with van der Waals surface area (Å²) in [6, 6.07) is 10.6. The first-order chi connectivity index (χ1) is 15.2. The predicted molar refractivity (Wildman–Crippen MR) is 116 cm³/mol. The number of benzene rings is 2. The Labute approximate surface area is 186 Å². The van der Waals surface area contributed by atoms with Crippen LogP contribution in [0.25, 0.3) is 0 Å². The average Bonchev–Trinajstić information content (AvgIpc) is 2.75. The monoisotopic (exact) mass is 442 g/mol. The molecule has 2 atom stereocenters. The number of ketones is 1. The van der Waals surface area contributed by atoms with Crippen LogP contribution in [0, 0.1) is 5.82 Å². The number of ether oxygens (including phenoxy) is 1. The summed E-state index contributed by atoms with van der Waals surface area (Å²) in [6.07, 6.45) is 0. The normalized spacial score (nSPS) is 18.9. The van der Waals surface area contributed by atoms with E-state index in [1.165, 1.54) is 37.3 Å². The van der Waals surface area contributed by atoms with Crippen LogP contribution in [0.2, 0.25) is 0 Å². The molecule has 2 aromatic carbocycles. The van der Waals surface area contributed by atoms with Crippen LogP contribution in [-0.4, -0.2) is 64.3 Å². The van der Waals surface area contributed by atoms with Gasteiger partial charge in [0, 0.05) is 37.3 Å². The van der Waals surface area contributed by atoms with E-state index in [1.54, 1.807) is 17.0 Å². The van der Waals surface area contributed by atoms with E-state index in [-0.39, 0.29) is 53.1 Å². The minimum atomic E-state index is -1.23. The molecule has 3 rings (SSSR count). The number of halogens is 1. The maximum absolute atomic E-state index is 13.1. The highest BCUT2D eigenvalue weighted by Crippen LogP contribution is 2.22. The molecule has 0 bridgehead atoms. The summed E-state index contributed by atoms with van der Waals surface area (Å²) in [5.74, 6) is -1.94. The summed E-state index contributed by atoms with van der Waals surface area (Å²) in [6.45, 7) is 6.84. The number of carbonyl (C=O) groups is 3. The number of amides is 1. The van der Waals surface area contributed by atoms with Gasteiger partial charge in [-0.2, -0.15) is 0 Å². The second-order valence-electron chi connectivity index (χ2n) is 8.16. The molecule has 2 aromatic rings. The highest BCUT2D eigenvalue weighted by Gasteiger charge is 2.32. The van der Waals surface area contributed by atoms with Crippen molar-refractivity contribution >= 4 is 17.7 Å². The van der Waals surface area contributed by atoms with Gasteiger partial charge in [0.1, 0.15) is 17.1 Å². The molecule has 0 aromatic heterocycles. The first-order valence-electron chi connectivity index (χ1n) is 10.4. The lowest BCUT2D eigenvalue weighted by Crippen LogP contribution is -2.58. The summed E-state index contributed by atoms with van der Waals surface area (Å²) in [4.78, 5) is 39.8. The van der Waals surface area contributed by atoms with E-state index < -0.39 is 5.97 Å². The molecule has 0 radical (unpaired) electrons. The third-order valence-corrected chi connectivity index (χ3v) is 5.70. The van der Waals surface area contributed by atoms with Gasteiger partial charge in [-0.15, -0.1) is 0 Å². The molecule has 0 spiro atoms. The van der Waals surface area contributed by atoms with Gasteiger partial charge < -0.3 is 14.7 Å². The zero-order valence-electron chi connectivity index (χ0n) is 18.4. The largest absolute Gasteiger partial charge is 0.483 e. The fourth-order valence-corrected chi connectivity index (χ4v) is 3.85. The second kappa shape index (κ2) is 9.91. The third kappa shape index (κ3) is 5.50. The summed E-state index contributed by atoms with van der Waals surface area (Å²) in [7, 11) is 0. The van der Waals surface area contributed by atoms with E-state index in [1.807, 2.05) is 13.8 Å². The Balaban J connectivity index is 1.62. The molecule has 1 fully saturated rings. The molecule has 7 nitrogen and oxygen atoms in total. The molecule has 32 heavy (non-hydrogen) atoms. The summed E-state index contributed by atoms with van der Waals surface area (Å²) < 4.78 is 18.7. The predicted octanol–water partition coefficient (Wildman–Crippen LogP) is 3.23. The highest BCUT2D eigenvalue weighted by atomic mass is 19.1. The van der Waals surface area contributed by atoms with Crippen LogP contribution < -0.4 is 4.74 Å². The molecular weight excluding hydrogens is 415 g/mol. The van der Waals surface area contributed by atoms with Gasteiger partial charge in [0.05, 0.1) is 0 Å². The number of Topliss-reactive ketones (excluding diaryl/α,β-unsaturated/α-hetero) is 1. The minimum absolute atomic E-state index is 0.0477. The summed E-state index contributed by atoms with van der Waals surface area (Å²) >= 11 is 0. The number of piperazine rings is 1. The Hall–Kier alpha value is -3.26. The van der Waals surface area contributed by atoms with Crippen LogP contribution >= 0.6 is 0 Å². The minimum Gasteiger partial charge on any atom is -0.483 e. The van der Waals surface area contributed by atoms with E-state index in [9.17, 15) is 23.9 Å². The Kier molecular flexibility index (Phi) is 7.25. The first-order valence-corrected chi connectivity index (χ1v) is 10.4. The summed E-state index contributed by atoms with van der Waals surface area (Å²) in [5, 5.41) is 9.42. The van der Waals surface area contributed by atoms with Crippen molar-refractivity contribution in [1.29, 1.82) is 0 Å². The zero-order chi connectivity index (χ0) is 23.4. The van der Waals surface area contributed by atoms with Crippen molar-refractivity contribution in [3.05, 3.63) is 65.0 Å². The molecule has 0 aliphatic carbocycles. The Morgan fingerprint density at radius 3 is 2.38 bits per heavy atom. The molecule has 0 unspecified atom stereocenters. The fraction of sp³-hybridized carbons (Fsp3) is 0.375. The van der Waals surface area contributed by atoms with Gasteiger partial charge in [0.15, 0.2) is 12.4 Å². The van der Waals surface area contributed by atoms with E-state index >= 15 is 0 Å². The number of hydrogen-bond acceptors (Lipinski definition) is 5. The van der Waals surface area contributed by atoms with Crippen molar-refractivity contribution in [3.8, 4) is 5.75 Å². The number of nitrogens with zero attached hydrogens (tertiary/aromatic N) is 2. The topological polar surface area (TPSA) is 87.2 Å². The maximum atomic E-state index is 13.1. The molecule has 1 aliphatic heterocycles. The lowest BCUT2D eigenvalue weighted by molar-refractivity contribution is -0.139. The van der Waals surface area contributed by atoms with Crippen molar-refractivity contribution in [3.63, 3.8) is 0 Å².